The van der Waals surface area contributed by atoms with Crippen LogP contribution < -0.4 is 5.73 Å². The molecule has 0 saturated heterocycles. The van der Waals surface area contributed by atoms with Crippen LogP contribution in [0.4, 0.5) is 0 Å². The van der Waals surface area contributed by atoms with Crippen LogP contribution in [0.2, 0.25) is 0 Å². The molecule has 0 fully saturated rings. The van der Waals surface area contributed by atoms with Crippen LogP contribution in [0.5, 0.6) is 0 Å². The van der Waals surface area contributed by atoms with Gasteiger partial charge in [0, 0.05) is 14.2 Å². The average molecular weight is 287 g/mol. The first-order chi connectivity index (χ1) is 9.67. The monoisotopic (exact) mass is 287 g/mol. The summed E-state index contributed by atoms with van der Waals surface area (Å²) in [5.74, 6) is 0. The predicted molar refractivity (Wildman–Crippen MR) is 82.5 cm³/mol. The highest BCUT2D eigenvalue weighted by Crippen LogP contribution is 2.06. The van der Waals surface area contributed by atoms with E-state index < -0.39 is 0 Å². The minimum absolute atomic E-state index is 0.181. The Bertz CT molecular complexity index is 291. The summed E-state index contributed by atoms with van der Waals surface area (Å²) in [6.07, 6.45) is 1.27. The third kappa shape index (κ3) is 18.9. The molecule has 0 radical (unpaired) electrons. The first-order valence-corrected chi connectivity index (χ1v) is 6.46. The molecule has 0 atom stereocenters. The van der Waals surface area contributed by atoms with Gasteiger partial charge in [0.15, 0.2) is 0 Å². The third-order valence-electron chi connectivity index (χ3n) is 1.97. The van der Waals surface area contributed by atoms with Crippen molar-refractivity contribution in [3.8, 4) is 0 Å². The number of aryl methyl sites for hydroxylation is 1. The summed E-state index contributed by atoms with van der Waals surface area (Å²) in [6, 6.07) is 8.41. The highest BCUT2D eigenvalue weighted by Gasteiger charge is 1.94. The molecule has 118 valence electrons. The van der Waals surface area contributed by atoms with E-state index in [2.05, 4.69) is 41.7 Å². The van der Waals surface area contributed by atoms with Crippen LogP contribution >= 0.6 is 0 Å². The summed E-state index contributed by atoms with van der Waals surface area (Å²) in [7, 11) is 3.16. The summed E-state index contributed by atoms with van der Waals surface area (Å²) in [5, 5.41) is 7.65. The van der Waals surface area contributed by atoms with E-state index >= 15 is 0 Å². The average Bonchev–Trinajstić information content (AvgIpc) is 2.49. The van der Waals surface area contributed by atoms with Gasteiger partial charge in [0.25, 0.3) is 0 Å². The van der Waals surface area contributed by atoms with Crippen LogP contribution in [0.25, 0.3) is 0 Å². The largest absolute Gasteiger partial charge is 0.384 e. The lowest BCUT2D eigenvalue weighted by atomic mass is 10.1. The van der Waals surface area contributed by atoms with E-state index in [1.165, 1.54) is 18.2 Å². The van der Waals surface area contributed by atoms with E-state index in [4.69, 9.17) is 14.6 Å². The normalized spacial score (nSPS) is 7.90. The molecule has 0 aliphatic heterocycles. The lowest BCUT2D eigenvalue weighted by Gasteiger charge is -2.03. The standard InChI is InChI=1S/C10H14O.C2H6O2.C2H6.CH3NO/c1-9-5-3-4-6-10(9)7-8-11-2;1-4-2-3;1-2;2-1-3/h3-6H,7-8H2,1-2H3;3H,2H2,1H3;1-2H3;1H,(H2,2,3). The van der Waals surface area contributed by atoms with Crippen molar-refractivity contribution in [1.29, 1.82) is 0 Å². The minimum Gasteiger partial charge on any atom is -0.384 e. The minimum atomic E-state index is -0.181. The van der Waals surface area contributed by atoms with Crippen LogP contribution in [-0.2, 0) is 20.7 Å². The van der Waals surface area contributed by atoms with Crippen LogP contribution in [0.1, 0.15) is 25.0 Å². The molecule has 0 aliphatic carbocycles. The van der Waals surface area contributed by atoms with Crippen LogP contribution in [0.15, 0.2) is 24.3 Å². The van der Waals surface area contributed by atoms with Gasteiger partial charge in [0.05, 0.1) is 6.61 Å². The number of amides is 1. The number of hydrogen-bond donors (Lipinski definition) is 2. The Morgan fingerprint density at radius 1 is 1.20 bits per heavy atom. The maximum absolute atomic E-state index is 8.58. The van der Waals surface area contributed by atoms with Crippen molar-refractivity contribution < 1.29 is 19.4 Å². The molecule has 0 spiro atoms. The Morgan fingerprint density at radius 3 is 2.00 bits per heavy atom. The summed E-state index contributed by atoms with van der Waals surface area (Å²) in [6.45, 7) is 6.76. The zero-order valence-corrected chi connectivity index (χ0v) is 13.3. The van der Waals surface area contributed by atoms with Gasteiger partial charge >= 0.3 is 0 Å². The topological polar surface area (TPSA) is 81.8 Å². The smallest absolute Gasteiger partial charge is 0.204 e. The van der Waals surface area contributed by atoms with Gasteiger partial charge in [0.2, 0.25) is 6.41 Å². The van der Waals surface area contributed by atoms with Crippen molar-refractivity contribution >= 4 is 6.41 Å². The van der Waals surface area contributed by atoms with Crippen LogP contribution in [0.3, 0.4) is 0 Å². The number of nitrogens with two attached hydrogens (primary N) is 1. The molecule has 1 amide bonds. The quantitative estimate of drug-likeness (QED) is 0.654. The van der Waals surface area contributed by atoms with Gasteiger partial charge in [-0.25, -0.2) is 0 Å². The number of carbonyl (C=O) groups excluding carboxylic acids is 1. The Hall–Kier alpha value is -1.43. The van der Waals surface area contributed by atoms with Gasteiger partial charge in [0.1, 0.15) is 6.79 Å². The van der Waals surface area contributed by atoms with Crippen LogP contribution in [0, 0.1) is 6.92 Å². The fraction of sp³-hybridized carbons (Fsp3) is 0.533. The lowest BCUT2D eigenvalue weighted by molar-refractivity contribution is -0.106. The number of aliphatic hydroxyl groups is 1. The Morgan fingerprint density at radius 2 is 1.65 bits per heavy atom. The van der Waals surface area contributed by atoms with Crippen molar-refractivity contribution in [3.05, 3.63) is 35.4 Å². The van der Waals surface area contributed by atoms with Crippen molar-refractivity contribution in [2.75, 3.05) is 27.6 Å². The zero-order chi connectivity index (χ0) is 16.2. The van der Waals surface area contributed by atoms with Gasteiger partial charge < -0.3 is 20.3 Å². The molecule has 1 rings (SSSR count). The van der Waals surface area contributed by atoms with Crippen molar-refractivity contribution in [2.45, 2.75) is 27.2 Å². The molecule has 1 aromatic carbocycles. The number of hydrogen-bond acceptors (Lipinski definition) is 4. The number of methoxy groups -OCH3 is 2. The number of benzene rings is 1. The van der Waals surface area contributed by atoms with Gasteiger partial charge in [-0.05, 0) is 24.5 Å². The molecular weight excluding hydrogens is 258 g/mol. The van der Waals surface area contributed by atoms with Crippen LogP contribution in [-0.4, -0.2) is 39.1 Å². The van der Waals surface area contributed by atoms with Crippen molar-refractivity contribution in [1.82, 2.24) is 0 Å². The summed E-state index contributed by atoms with van der Waals surface area (Å²) < 4.78 is 9.10. The van der Waals surface area contributed by atoms with Crippen molar-refractivity contribution in [2.24, 2.45) is 5.73 Å². The number of primary amides is 1. The van der Waals surface area contributed by atoms with Gasteiger partial charge in [-0.15, -0.1) is 0 Å². The molecule has 0 heterocycles. The zero-order valence-electron chi connectivity index (χ0n) is 13.3. The van der Waals surface area contributed by atoms with Gasteiger partial charge in [-0.1, -0.05) is 38.1 Å². The SMILES string of the molecule is CC.COCCc1ccccc1C.COCO.NC=O. The summed E-state index contributed by atoms with van der Waals surface area (Å²) >= 11 is 0. The predicted octanol–water partition coefficient (Wildman–Crippen LogP) is 1.89. The second kappa shape index (κ2) is 22.7. The number of aliphatic hydroxyl groups excluding tert-OH is 1. The van der Waals surface area contributed by atoms with Crippen molar-refractivity contribution in [3.63, 3.8) is 0 Å². The Balaban J connectivity index is -0.000000269. The molecule has 0 aromatic heterocycles. The molecule has 0 bridgehead atoms. The molecule has 5 heteroatoms. The molecule has 0 aliphatic rings. The Kier molecular flexibility index (Phi) is 26.9. The van der Waals surface area contributed by atoms with E-state index in [1.807, 2.05) is 13.8 Å². The molecule has 0 saturated carbocycles. The summed E-state index contributed by atoms with van der Waals surface area (Å²) in [4.78, 5) is 8.58. The first kappa shape index (κ1) is 23.6. The fourth-order valence-corrected chi connectivity index (χ4v) is 1.10. The highest BCUT2D eigenvalue weighted by atomic mass is 16.6. The summed E-state index contributed by atoms with van der Waals surface area (Å²) in [5.41, 5.74) is 6.90. The third-order valence-corrected chi connectivity index (χ3v) is 1.97. The lowest BCUT2D eigenvalue weighted by Crippen LogP contribution is -1.95. The Labute approximate surface area is 122 Å². The molecule has 1 aromatic rings. The first-order valence-electron chi connectivity index (χ1n) is 6.46. The highest BCUT2D eigenvalue weighted by molar-refractivity contribution is 5.42. The molecule has 5 nitrogen and oxygen atoms in total. The van der Waals surface area contributed by atoms with Gasteiger partial charge in [-0.3, -0.25) is 4.79 Å². The maximum Gasteiger partial charge on any atom is 0.204 e. The van der Waals surface area contributed by atoms with Gasteiger partial charge in [-0.2, -0.15) is 0 Å². The van der Waals surface area contributed by atoms with E-state index in [9.17, 15) is 0 Å². The van der Waals surface area contributed by atoms with E-state index in [0.29, 0.717) is 0 Å². The number of ether oxygens (including phenoxy) is 2. The molecule has 3 N–H and O–H groups in total. The fourth-order valence-electron chi connectivity index (χ4n) is 1.10. The number of rotatable bonds is 4. The molecule has 20 heavy (non-hydrogen) atoms. The number of carbonyl (C=O) groups is 1. The molecular formula is C15H29NO4. The van der Waals surface area contributed by atoms with E-state index in [0.717, 1.165) is 13.0 Å². The second-order valence-electron chi connectivity index (χ2n) is 3.22. The molecule has 0 unspecified atom stereocenters. The van der Waals surface area contributed by atoms with E-state index in [1.54, 1.807) is 7.11 Å². The van der Waals surface area contributed by atoms with E-state index in [-0.39, 0.29) is 13.2 Å². The maximum atomic E-state index is 8.58. The second-order valence-corrected chi connectivity index (χ2v) is 3.22.